The zero-order chi connectivity index (χ0) is 14.0. The second-order valence-electron chi connectivity index (χ2n) is 5.32. The van der Waals surface area contributed by atoms with Crippen molar-refractivity contribution in [1.82, 2.24) is 5.32 Å². The lowest BCUT2D eigenvalue weighted by atomic mass is 10.1. The summed E-state index contributed by atoms with van der Waals surface area (Å²) in [6.07, 6.45) is 1.43. The van der Waals surface area contributed by atoms with Crippen molar-refractivity contribution in [3.8, 4) is 0 Å². The number of hydrogen-bond donors (Lipinski definition) is 3. The van der Waals surface area contributed by atoms with Crippen LogP contribution >= 0.6 is 0 Å². The Kier molecular flexibility index (Phi) is 3.57. The van der Waals surface area contributed by atoms with Crippen LogP contribution in [0.2, 0.25) is 0 Å². The Morgan fingerprint density at radius 1 is 1.32 bits per heavy atom. The largest absolute Gasteiger partial charge is 0.350 e. The van der Waals surface area contributed by atoms with E-state index in [1.54, 1.807) is 24.3 Å². The summed E-state index contributed by atoms with van der Waals surface area (Å²) in [5.74, 6) is -0.339. The quantitative estimate of drug-likeness (QED) is 0.762. The maximum Gasteiger partial charge on any atom is 0.251 e. The van der Waals surface area contributed by atoms with Gasteiger partial charge in [-0.1, -0.05) is 6.07 Å². The monoisotopic (exact) mass is 261 g/mol. The first-order valence-corrected chi connectivity index (χ1v) is 6.42. The molecule has 5 nitrogen and oxygen atoms in total. The molecule has 5 heteroatoms. The molecule has 0 atom stereocenters. The van der Waals surface area contributed by atoms with E-state index in [2.05, 4.69) is 10.6 Å². The van der Waals surface area contributed by atoms with E-state index < -0.39 is 5.54 Å². The fourth-order valence-corrected chi connectivity index (χ4v) is 1.70. The molecule has 1 aromatic carbocycles. The maximum absolute atomic E-state index is 11.9. The SMILES string of the molecule is CC(C)NC(=O)c1cccc(NC(=O)C2(N)CC2)c1. The molecule has 2 rings (SSSR count). The first kappa shape index (κ1) is 13.5. The van der Waals surface area contributed by atoms with Crippen LogP contribution < -0.4 is 16.4 Å². The Hall–Kier alpha value is -1.88. The van der Waals surface area contributed by atoms with Gasteiger partial charge in [-0.25, -0.2) is 0 Å². The molecule has 0 radical (unpaired) electrons. The lowest BCUT2D eigenvalue weighted by Crippen LogP contribution is -2.37. The number of rotatable bonds is 4. The maximum atomic E-state index is 11.9. The molecule has 1 aliphatic rings. The summed E-state index contributed by atoms with van der Waals surface area (Å²) in [6.45, 7) is 3.80. The molecule has 0 saturated heterocycles. The Morgan fingerprint density at radius 3 is 2.58 bits per heavy atom. The van der Waals surface area contributed by atoms with Crippen molar-refractivity contribution in [2.75, 3.05) is 5.32 Å². The fraction of sp³-hybridized carbons (Fsp3) is 0.429. The van der Waals surface area contributed by atoms with Gasteiger partial charge >= 0.3 is 0 Å². The second kappa shape index (κ2) is 5.01. The van der Waals surface area contributed by atoms with Crippen LogP contribution in [0, 0.1) is 0 Å². The predicted octanol–water partition coefficient (Wildman–Crippen LogP) is 1.25. The summed E-state index contributed by atoms with van der Waals surface area (Å²) < 4.78 is 0. The number of carbonyl (C=O) groups excluding carboxylic acids is 2. The summed E-state index contributed by atoms with van der Waals surface area (Å²) >= 11 is 0. The summed E-state index contributed by atoms with van der Waals surface area (Å²) in [5.41, 5.74) is 6.22. The summed E-state index contributed by atoms with van der Waals surface area (Å²) in [4.78, 5) is 23.7. The van der Waals surface area contributed by atoms with Gasteiger partial charge in [-0.2, -0.15) is 0 Å². The molecule has 1 aromatic rings. The van der Waals surface area contributed by atoms with Crippen LogP contribution in [0.5, 0.6) is 0 Å². The number of carbonyl (C=O) groups is 2. The Morgan fingerprint density at radius 2 is 2.00 bits per heavy atom. The van der Waals surface area contributed by atoms with Gasteiger partial charge in [0.05, 0.1) is 5.54 Å². The fourth-order valence-electron chi connectivity index (χ4n) is 1.70. The van der Waals surface area contributed by atoms with Crippen LogP contribution in [0.3, 0.4) is 0 Å². The van der Waals surface area contributed by atoms with E-state index in [1.165, 1.54) is 0 Å². The Balaban J connectivity index is 2.06. The van der Waals surface area contributed by atoms with Crippen LogP contribution in [-0.4, -0.2) is 23.4 Å². The lowest BCUT2D eigenvalue weighted by Gasteiger charge is -2.12. The molecule has 0 unspecified atom stereocenters. The molecule has 1 fully saturated rings. The van der Waals surface area contributed by atoms with E-state index in [9.17, 15) is 9.59 Å². The van der Waals surface area contributed by atoms with Gasteiger partial charge in [0.1, 0.15) is 0 Å². The van der Waals surface area contributed by atoms with Gasteiger partial charge in [0.2, 0.25) is 5.91 Å². The van der Waals surface area contributed by atoms with E-state index in [0.717, 1.165) is 0 Å². The highest BCUT2D eigenvalue weighted by atomic mass is 16.2. The molecule has 0 bridgehead atoms. The highest BCUT2D eigenvalue weighted by Crippen LogP contribution is 2.33. The van der Waals surface area contributed by atoms with E-state index in [1.807, 2.05) is 13.8 Å². The van der Waals surface area contributed by atoms with Gasteiger partial charge in [-0.3, -0.25) is 9.59 Å². The molecule has 0 heterocycles. The van der Waals surface area contributed by atoms with Crippen LogP contribution in [-0.2, 0) is 4.79 Å². The summed E-state index contributed by atoms with van der Waals surface area (Å²) in [7, 11) is 0. The minimum Gasteiger partial charge on any atom is -0.350 e. The molecular weight excluding hydrogens is 242 g/mol. The smallest absolute Gasteiger partial charge is 0.251 e. The second-order valence-corrected chi connectivity index (χ2v) is 5.32. The van der Waals surface area contributed by atoms with Crippen LogP contribution in [0.1, 0.15) is 37.0 Å². The normalized spacial score (nSPS) is 16.0. The highest BCUT2D eigenvalue weighted by Gasteiger charge is 2.45. The third-order valence-corrected chi connectivity index (χ3v) is 3.04. The first-order chi connectivity index (χ1) is 8.90. The van der Waals surface area contributed by atoms with Crippen molar-refractivity contribution in [3.05, 3.63) is 29.8 Å². The molecule has 4 N–H and O–H groups in total. The number of anilines is 1. The van der Waals surface area contributed by atoms with Crippen molar-refractivity contribution in [1.29, 1.82) is 0 Å². The number of hydrogen-bond acceptors (Lipinski definition) is 3. The third kappa shape index (κ3) is 3.32. The molecule has 1 aliphatic carbocycles. The zero-order valence-corrected chi connectivity index (χ0v) is 11.2. The van der Waals surface area contributed by atoms with Crippen molar-refractivity contribution < 1.29 is 9.59 Å². The van der Waals surface area contributed by atoms with Gasteiger partial charge in [0.25, 0.3) is 5.91 Å². The lowest BCUT2D eigenvalue weighted by molar-refractivity contribution is -0.118. The van der Waals surface area contributed by atoms with Crippen molar-refractivity contribution in [2.24, 2.45) is 5.73 Å². The molecular formula is C14H19N3O2. The number of benzene rings is 1. The van der Waals surface area contributed by atoms with Crippen LogP contribution in [0.4, 0.5) is 5.69 Å². The minimum absolute atomic E-state index is 0.0736. The first-order valence-electron chi connectivity index (χ1n) is 6.42. The van der Waals surface area contributed by atoms with Gasteiger partial charge in [-0.05, 0) is 44.9 Å². The number of amides is 2. The number of nitrogens with one attached hydrogen (secondary N) is 2. The molecule has 2 amide bonds. The average molecular weight is 261 g/mol. The zero-order valence-electron chi connectivity index (χ0n) is 11.2. The molecule has 102 valence electrons. The molecule has 0 spiro atoms. The average Bonchev–Trinajstić information content (AvgIpc) is 3.08. The minimum atomic E-state index is -0.712. The molecule has 19 heavy (non-hydrogen) atoms. The summed E-state index contributed by atoms with van der Waals surface area (Å²) in [6, 6.07) is 6.92. The summed E-state index contributed by atoms with van der Waals surface area (Å²) in [5, 5.41) is 5.55. The third-order valence-electron chi connectivity index (χ3n) is 3.04. The van der Waals surface area contributed by atoms with E-state index in [-0.39, 0.29) is 17.9 Å². The standard InChI is InChI=1S/C14H19N3O2/c1-9(2)16-12(18)10-4-3-5-11(8-10)17-13(19)14(15)6-7-14/h3-5,8-9H,6-7,15H2,1-2H3,(H,16,18)(H,17,19). The van der Waals surface area contributed by atoms with Gasteiger partial charge in [0, 0.05) is 17.3 Å². The van der Waals surface area contributed by atoms with Crippen molar-refractivity contribution in [2.45, 2.75) is 38.3 Å². The van der Waals surface area contributed by atoms with Gasteiger partial charge in [-0.15, -0.1) is 0 Å². The molecule has 1 saturated carbocycles. The van der Waals surface area contributed by atoms with E-state index in [4.69, 9.17) is 5.73 Å². The Bertz CT molecular complexity index is 507. The topological polar surface area (TPSA) is 84.2 Å². The van der Waals surface area contributed by atoms with Crippen molar-refractivity contribution >= 4 is 17.5 Å². The predicted molar refractivity (Wildman–Crippen MR) is 73.8 cm³/mol. The van der Waals surface area contributed by atoms with Crippen LogP contribution in [0.25, 0.3) is 0 Å². The highest BCUT2D eigenvalue weighted by molar-refractivity contribution is 6.01. The van der Waals surface area contributed by atoms with Crippen LogP contribution in [0.15, 0.2) is 24.3 Å². The number of nitrogens with two attached hydrogens (primary N) is 1. The van der Waals surface area contributed by atoms with Gasteiger partial charge < -0.3 is 16.4 Å². The van der Waals surface area contributed by atoms with E-state index >= 15 is 0 Å². The molecule has 0 aliphatic heterocycles. The van der Waals surface area contributed by atoms with E-state index in [0.29, 0.717) is 24.1 Å². The van der Waals surface area contributed by atoms with Gasteiger partial charge in [0.15, 0.2) is 0 Å². The molecule has 0 aromatic heterocycles. The Labute approximate surface area is 112 Å². The van der Waals surface area contributed by atoms with Crippen molar-refractivity contribution in [3.63, 3.8) is 0 Å².